The highest BCUT2D eigenvalue weighted by molar-refractivity contribution is 6.18. The number of hydrogen-bond donors (Lipinski definition) is 0. The van der Waals surface area contributed by atoms with E-state index in [9.17, 15) is 8.78 Å². The van der Waals surface area contributed by atoms with Gasteiger partial charge in [0.2, 0.25) is 0 Å². The van der Waals surface area contributed by atoms with Gasteiger partial charge in [-0.2, -0.15) is 0 Å². The maximum absolute atomic E-state index is 13.7. The average Bonchev–Trinajstić information content (AvgIpc) is 2.30. The summed E-state index contributed by atoms with van der Waals surface area (Å²) in [5.74, 6) is -0.737. The smallest absolute Gasteiger partial charge is 0.168 e. The lowest BCUT2D eigenvalue weighted by Crippen LogP contribution is -2.37. The zero-order chi connectivity index (χ0) is 12.8. The normalized spacial score (nSPS) is 10.9. The van der Waals surface area contributed by atoms with Crippen LogP contribution in [0.2, 0.25) is 0 Å². The van der Waals surface area contributed by atoms with Crippen LogP contribution in [0.15, 0.2) is 12.3 Å². The van der Waals surface area contributed by atoms with Crippen LogP contribution in [0.3, 0.4) is 0 Å². The molecule has 96 valence electrons. The minimum atomic E-state index is -0.665. The Morgan fingerprint density at radius 1 is 1.35 bits per heavy atom. The lowest BCUT2D eigenvalue weighted by Gasteiger charge is -2.31. The third kappa shape index (κ3) is 3.53. The predicted octanol–water partition coefficient (Wildman–Crippen LogP) is 3.59. The minimum Gasteiger partial charge on any atom is -0.350 e. The predicted molar refractivity (Wildman–Crippen MR) is 66.6 cm³/mol. The van der Waals surface area contributed by atoms with E-state index < -0.39 is 11.6 Å². The lowest BCUT2D eigenvalue weighted by molar-refractivity contribution is 0.527. The topological polar surface area (TPSA) is 16.1 Å². The summed E-state index contributed by atoms with van der Waals surface area (Å²) in [5.41, 5.74) is 0. The quantitative estimate of drug-likeness (QED) is 0.729. The fraction of sp³-hybridized carbons (Fsp3) is 0.583. The molecule has 0 aliphatic carbocycles. The highest BCUT2D eigenvalue weighted by Crippen LogP contribution is 2.21. The van der Waals surface area contributed by atoms with Gasteiger partial charge in [-0.15, -0.1) is 11.6 Å². The Morgan fingerprint density at radius 3 is 2.47 bits per heavy atom. The summed E-state index contributed by atoms with van der Waals surface area (Å²) in [6.07, 6.45) is 2.76. The number of aromatic nitrogens is 1. The van der Waals surface area contributed by atoms with E-state index in [0.717, 1.165) is 25.1 Å². The third-order valence-corrected chi connectivity index (χ3v) is 2.94. The number of pyridine rings is 1. The maximum atomic E-state index is 13.7. The van der Waals surface area contributed by atoms with E-state index in [1.54, 1.807) is 0 Å². The van der Waals surface area contributed by atoms with E-state index in [1.807, 2.05) is 18.7 Å². The first-order valence-electron chi connectivity index (χ1n) is 5.77. The SMILES string of the molecule is CCC(CC)N(CCCl)c1ncc(F)cc1F. The van der Waals surface area contributed by atoms with Crippen LogP contribution < -0.4 is 4.90 Å². The first-order valence-corrected chi connectivity index (χ1v) is 6.31. The van der Waals surface area contributed by atoms with Gasteiger partial charge >= 0.3 is 0 Å². The van der Waals surface area contributed by atoms with Gasteiger partial charge in [0.1, 0.15) is 5.82 Å². The van der Waals surface area contributed by atoms with Crippen LogP contribution in [0, 0.1) is 11.6 Å². The fourth-order valence-corrected chi connectivity index (χ4v) is 2.08. The zero-order valence-electron chi connectivity index (χ0n) is 10.1. The molecule has 5 heteroatoms. The van der Waals surface area contributed by atoms with Crippen LogP contribution >= 0.6 is 11.6 Å². The maximum Gasteiger partial charge on any atom is 0.168 e. The van der Waals surface area contributed by atoms with Crippen molar-refractivity contribution in [1.82, 2.24) is 4.98 Å². The molecule has 0 saturated carbocycles. The van der Waals surface area contributed by atoms with Crippen molar-refractivity contribution in [3.63, 3.8) is 0 Å². The molecule has 0 aromatic carbocycles. The Labute approximate surface area is 106 Å². The number of hydrogen-bond acceptors (Lipinski definition) is 2. The van der Waals surface area contributed by atoms with Gasteiger partial charge in [-0.1, -0.05) is 13.8 Å². The summed E-state index contributed by atoms with van der Waals surface area (Å²) in [6, 6.07) is 1.02. The van der Waals surface area contributed by atoms with Crippen molar-refractivity contribution in [2.24, 2.45) is 0 Å². The zero-order valence-corrected chi connectivity index (χ0v) is 10.8. The van der Waals surface area contributed by atoms with E-state index >= 15 is 0 Å². The van der Waals surface area contributed by atoms with Crippen LogP contribution in [0.5, 0.6) is 0 Å². The molecule has 0 bridgehead atoms. The van der Waals surface area contributed by atoms with Crippen molar-refractivity contribution < 1.29 is 8.78 Å². The summed E-state index contributed by atoms with van der Waals surface area (Å²) >= 11 is 5.72. The largest absolute Gasteiger partial charge is 0.350 e. The van der Waals surface area contributed by atoms with Crippen molar-refractivity contribution in [3.8, 4) is 0 Å². The van der Waals surface area contributed by atoms with Crippen LogP contribution in [0.1, 0.15) is 26.7 Å². The average molecular weight is 263 g/mol. The molecule has 1 rings (SSSR count). The van der Waals surface area contributed by atoms with E-state index in [-0.39, 0.29) is 11.9 Å². The van der Waals surface area contributed by atoms with Crippen LogP contribution in [-0.2, 0) is 0 Å². The molecule has 0 radical (unpaired) electrons. The molecule has 0 aliphatic rings. The number of rotatable bonds is 6. The van der Waals surface area contributed by atoms with Crippen molar-refractivity contribution in [2.45, 2.75) is 32.7 Å². The molecule has 0 unspecified atom stereocenters. The molecular formula is C12H17ClF2N2. The van der Waals surface area contributed by atoms with Gasteiger partial charge in [0.05, 0.1) is 6.20 Å². The standard InChI is InChI=1S/C12H17ClF2N2/c1-3-10(4-2)17(6-5-13)12-11(15)7-9(14)8-16-12/h7-8,10H,3-6H2,1-2H3. The number of nitrogens with zero attached hydrogens (tertiary/aromatic N) is 2. The van der Waals surface area contributed by atoms with Gasteiger partial charge in [0.15, 0.2) is 11.6 Å². The molecule has 0 spiro atoms. The Bertz CT molecular complexity index is 356. The molecule has 2 nitrogen and oxygen atoms in total. The molecule has 0 amide bonds. The molecule has 0 fully saturated rings. The summed E-state index contributed by atoms with van der Waals surface area (Å²) in [7, 11) is 0. The fourth-order valence-electron chi connectivity index (χ4n) is 1.90. The van der Waals surface area contributed by atoms with Crippen molar-refractivity contribution in [1.29, 1.82) is 0 Å². The second-order valence-corrected chi connectivity index (χ2v) is 4.19. The molecule has 17 heavy (non-hydrogen) atoms. The molecule has 0 aliphatic heterocycles. The molecule has 1 heterocycles. The van der Waals surface area contributed by atoms with Crippen molar-refractivity contribution in [2.75, 3.05) is 17.3 Å². The minimum absolute atomic E-state index is 0.168. The number of alkyl halides is 1. The van der Waals surface area contributed by atoms with Crippen LogP contribution in [-0.4, -0.2) is 23.5 Å². The van der Waals surface area contributed by atoms with Gasteiger partial charge in [-0.25, -0.2) is 13.8 Å². The van der Waals surface area contributed by atoms with Gasteiger partial charge in [-0.05, 0) is 12.8 Å². The van der Waals surface area contributed by atoms with Gasteiger partial charge in [0, 0.05) is 24.5 Å². The second kappa shape index (κ2) is 6.74. The molecule has 1 aromatic rings. The highest BCUT2D eigenvalue weighted by Gasteiger charge is 2.20. The van der Waals surface area contributed by atoms with Crippen LogP contribution in [0.25, 0.3) is 0 Å². The van der Waals surface area contributed by atoms with Crippen molar-refractivity contribution >= 4 is 17.4 Å². The number of halogens is 3. The summed E-state index contributed by atoms with van der Waals surface area (Å²) in [6.45, 7) is 4.55. The first-order chi connectivity index (χ1) is 8.13. The van der Waals surface area contributed by atoms with Crippen LogP contribution in [0.4, 0.5) is 14.6 Å². The lowest BCUT2D eigenvalue weighted by atomic mass is 10.1. The monoisotopic (exact) mass is 262 g/mol. The molecule has 0 atom stereocenters. The van der Waals surface area contributed by atoms with E-state index in [4.69, 9.17) is 11.6 Å². The van der Waals surface area contributed by atoms with E-state index in [2.05, 4.69) is 4.98 Å². The van der Waals surface area contributed by atoms with Gasteiger partial charge in [-0.3, -0.25) is 0 Å². The Hall–Kier alpha value is -0.900. The number of anilines is 1. The first kappa shape index (κ1) is 14.2. The third-order valence-electron chi connectivity index (χ3n) is 2.77. The summed E-state index contributed by atoms with van der Waals surface area (Å²) < 4.78 is 26.5. The van der Waals surface area contributed by atoms with Gasteiger partial charge in [0.25, 0.3) is 0 Å². The highest BCUT2D eigenvalue weighted by atomic mass is 35.5. The van der Waals surface area contributed by atoms with E-state index in [1.165, 1.54) is 0 Å². The molecular weight excluding hydrogens is 246 g/mol. The summed E-state index contributed by atoms with van der Waals surface area (Å²) in [4.78, 5) is 5.64. The molecule has 0 saturated heterocycles. The molecule has 1 aromatic heterocycles. The summed E-state index contributed by atoms with van der Waals surface area (Å²) in [5, 5.41) is 0. The van der Waals surface area contributed by atoms with E-state index in [0.29, 0.717) is 12.4 Å². The Kier molecular flexibility index (Phi) is 5.62. The van der Waals surface area contributed by atoms with Gasteiger partial charge < -0.3 is 4.90 Å². The Morgan fingerprint density at radius 2 is 2.00 bits per heavy atom. The second-order valence-electron chi connectivity index (χ2n) is 3.81. The Balaban J connectivity index is 3.03. The molecule has 0 N–H and O–H groups in total. The van der Waals surface area contributed by atoms with Crippen molar-refractivity contribution in [3.05, 3.63) is 23.9 Å².